The maximum absolute atomic E-state index is 10.9. The minimum Gasteiger partial charge on any atom is -0.494 e. The van der Waals surface area contributed by atoms with Crippen molar-refractivity contribution in [2.75, 3.05) is 39.2 Å². The maximum Gasteiger partial charge on any atom is 0.204 e. The number of hydrogen-bond donors (Lipinski definition) is 4. The number of para-hydroxylation sites is 2. The van der Waals surface area contributed by atoms with Gasteiger partial charge in [-0.05, 0) is 62.7 Å². The van der Waals surface area contributed by atoms with E-state index in [9.17, 15) is 15.3 Å². The summed E-state index contributed by atoms with van der Waals surface area (Å²) in [6.07, 6.45) is -0.234. The van der Waals surface area contributed by atoms with Gasteiger partial charge in [-0.25, -0.2) is 4.98 Å². The Morgan fingerprint density at radius 2 is 2.00 bits per heavy atom. The molecular weight excluding hydrogens is 432 g/mol. The van der Waals surface area contributed by atoms with Gasteiger partial charge >= 0.3 is 0 Å². The number of ether oxygens (including phenoxy) is 1. The minimum absolute atomic E-state index is 0.0135. The van der Waals surface area contributed by atoms with Crippen molar-refractivity contribution in [1.29, 1.82) is 0 Å². The van der Waals surface area contributed by atoms with Gasteiger partial charge in [-0.1, -0.05) is 24.3 Å². The molecule has 0 aliphatic heterocycles. The minimum atomic E-state index is -0.956. The van der Waals surface area contributed by atoms with E-state index >= 15 is 0 Å². The van der Waals surface area contributed by atoms with Gasteiger partial charge in [0.1, 0.15) is 11.9 Å². The number of nitrogens with one attached hydrogen (secondary N) is 1. The fourth-order valence-electron chi connectivity index (χ4n) is 5.49. The van der Waals surface area contributed by atoms with Crippen molar-refractivity contribution in [3.63, 3.8) is 0 Å². The molecule has 1 heterocycles. The summed E-state index contributed by atoms with van der Waals surface area (Å²) in [4.78, 5) is 6.93. The van der Waals surface area contributed by atoms with Crippen LogP contribution in [0.1, 0.15) is 24.4 Å². The van der Waals surface area contributed by atoms with Crippen LogP contribution in [0.5, 0.6) is 5.75 Å². The average molecular weight is 467 g/mol. The molecule has 0 saturated heterocycles. The van der Waals surface area contributed by atoms with Crippen LogP contribution in [0.4, 0.5) is 5.95 Å². The number of benzene rings is 2. The topological polar surface area (TPSA) is 103 Å². The van der Waals surface area contributed by atoms with E-state index in [1.54, 1.807) is 0 Å². The fourth-order valence-corrected chi connectivity index (χ4v) is 5.49. The highest BCUT2D eigenvalue weighted by atomic mass is 16.5. The molecule has 2 aliphatic rings. The fraction of sp³-hybridized carbons (Fsp3) is 0.500. The van der Waals surface area contributed by atoms with Crippen molar-refractivity contribution < 1.29 is 20.1 Å². The Morgan fingerprint density at radius 3 is 2.76 bits per heavy atom. The van der Waals surface area contributed by atoms with Crippen LogP contribution in [0.25, 0.3) is 11.0 Å². The predicted molar refractivity (Wildman–Crippen MR) is 131 cm³/mol. The Kier molecular flexibility index (Phi) is 6.24. The molecule has 4 N–H and O–H groups in total. The van der Waals surface area contributed by atoms with Crippen LogP contribution < -0.4 is 10.1 Å². The van der Waals surface area contributed by atoms with Crippen LogP contribution in [0.2, 0.25) is 0 Å². The van der Waals surface area contributed by atoms with E-state index in [-0.39, 0.29) is 18.6 Å². The van der Waals surface area contributed by atoms with Crippen LogP contribution in [-0.2, 0) is 6.54 Å². The number of aliphatic hydroxyl groups is 3. The van der Waals surface area contributed by atoms with E-state index in [1.165, 1.54) is 0 Å². The van der Waals surface area contributed by atoms with Gasteiger partial charge in [0.05, 0.1) is 36.4 Å². The van der Waals surface area contributed by atoms with Crippen LogP contribution in [-0.4, -0.2) is 75.8 Å². The zero-order chi connectivity index (χ0) is 23.9. The molecule has 2 aromatic carbocycles. The van der Waals surface area contributed by atoms with Crippen molar-refractivity contribution in [3.05, 3.63) is 54.1 Å². The highest BCUT2D eigenvalue weighted by Gasteiger charge is 2.71. The summed E-state index contributed by atoms with van der Waals surface area (Å²) < 4.78 is 7.93. The van der Waals surface area contributed by atoms with E-state index < -0.39 is 17.6 Å². The lowest BCUT2D eigenvalue weighted by Crippen LogP contribution is -2.35. The van der Waals surface area contributed by atoms with Crippen molar-refractivity contribution in [2.45, 2.75) is 37.6 Å². The first-order chi connectivity index (χ1) is 16.4. The van der Waals surface area contributed by atoms with Gasteiger partial charge in [0, 0.05) is 18.5 Å². The van der Waals surface area contributed by atoms with Gasteiger partial charge in [0.15, 0.2) is 0 Å². The molecule has 5 rings (SSSR count). The second kappa shape index (κ2) is 9.19. The van der Waals surface area contributed by atoms with Gasteiger partial charge < -0.3 is 34.8 Å². The molecule has 1 aromatic heterocycles. The lowest BCUT2D eigenvalue weighted by molar-refractivity contribution is -0.0298. The van der Waals surface area contributed by atoms with Gasteiger partial charge in [-0.2, -0.15) is 0 Å². The number of rotatable bonds is 10. The smallest absolute Gasteiger partial charge is 0.204 e. The summed E-state index contributed by atoms with van der Waals surface area (Å²) in [5.74, 6) is 1.50. The second-order valence-electron chi connectivity index (χ2n) is 9.93. The molecule has 8 nitrogen and oxygen atoms in total. The molecule has 5 unspecified atom stereocenters. The second-order valence-corrected chi connectivity index (χ2v) is 9.93. The molecule has 0 bridgehead atoms. The summed E-state index contributed by atoms with van der Waals surface area (Å²) in [5, 5.41) is 34.9. The molecule has 2 aliphatic carbocycles. The quantitative estimate of drug-likeness (QED) is 0.340. The average Bonchev–Trinajstić information content (AvgIpc) is 3.40. The first kappa shape index (κ1) is 23.1. The molecular formula is C26H34N4O4. The predicted octanol–water partition coefficient (Wildman–Crippen LogP) is 2.25. The van der Waals surface area contributed by atoms with Crippen LogP contribution >= 0.6 is 0 Å². The standard InChI is InChI=1S/C26H34N4O4/c1-29(2)11-6-12-34-18-8-5-7-17(13-18)15-27-25-28-20-9-3-4-10-21(20)30(25)22-19-14-26(19,16-31)24(33)23(22)32/h3-5,7-10,13,19,22-24,31-33H,6,11-12,14-16H2,1-2H3,(H,27,28). The van der Waals surface area contributed by atoms with E-state index in [0.717, 1.165) is 35.3 Å². The van der Waals surface area contributed by atoms with Gasteiger partial charge in [-0.3, -0.25) is 0 Å². The van der Waals surface area contributed by atoms with E-state index in [4.69, 9.17) is 9.72 Å². The Labute approximate surface area is 199 Å². The number of nitrogens with zero attached hydrogens (tertiary/aromatic N) is 3. The van der Waals surface area contributed by atoms with Crippen molar-refractivity contribution in [3.8, 4) is 5.75 Å². The number of imidazole rings is 1. The number of anilines is 1. The highest BCUT2D eigenvalue weighted by molar-refractivity contribution is 5.79. The van der Waals surface area contributed by atoms with E-state index in [1.807, 2.05) is 53.1 Å². The van der Waals surface area contributed by atoms with Crippen LogP contribution in [0.15, 0.2) is 48.5 Å². The summed E-state index contributed by atoms with van der Waals surface area (Å²) in [5.41, 5.74) is 2.18. The van der Waals surface area contributed by atoms with E-state index in [2.05, 4.69) is 24.3 Å². The summed E-state index contributed by atoms with van der Waals surface area (Å²) in [6, 6.07) is 15.5. The van der Waals surface area contributed by atoms with Crippen molar-refractivity contribution >= 4 is 17.0 Å². The molecule has 2 saturated carbocycles. The molecule has 3 aromatic rings. The SMILES string of the molecule is CN(C)CCCOc1cccc(CNc2nc3ccccc3n2C2C(O)C(O)C3(CO)CC23)c1. The van der Waals surface area contributed by atoms with Crippen molar-refractivity contribution in [1.82, 2.24) is 14.5 Å². The van der Waals surface area contributed by atoms with Gasteiger partial charge in [0.25, 0.3) is 0 Å². The molecule has 182 valence electrons. The zero-order valence-electron chi connectivity index (χ0n) is 19.8. The Balaban J connectivity index is 1.35. The number of aliphatic hydroxyl groups excluding tert-OH is 3. The first-order valence-electron chi connectivity index (χ1n) is 12.0. The lowest BCUT2D eigenvalue weighted by Gasteiger charge is -2.25. The monoisotopic (exact) mass is 466 g/mol. The molecule has 2 fully saturated rings. The third-order valence-corrected chi connectivity index (χ3v) is 7.41. The normalized spacial score (nSPS) is 27.8. The Hall–Kier alpha value is -2.65. The Bertz CT molecular complexity index is 1150. The highest BCUT2D eigenvalue weighted by Crippen LogP contribution is 2.67. The number of hydrogen-bond acceptors (Lipinski definition) is 7. The number of aromatic nitrogens is 2. The van der Waals surface area contributed by atoms with Crippen LogP contribution in [0.3, 0.4) is 0 Å². The number of fused-ring (bicyclic) bond motifs is 2. The largest absolute Gasteiger partial charge is 0.494 e. The molecule has 0 amide bonds. The third kappa shape index (κ3) is 4.05. The maximum atomic E-state index is 10.9. The van der Waals surface area contributed by atoms with Gasteiger partial charge in [0.2, 0.25) is 5.95 Å². The molecule has 8 heteroatoms. The first-order valence-corrected chi connectivity index (χ1v) is 12.0. The molecule has 5 atom stereocenters. The van der Waals surface area contributed by atoms with Gasteiger partial charge in [-0.15, -0.1) is 0 Å². The summed E-state index contributed by atoms with van der Waals surface area (Å²) in [7, 11) is 4.11. The Morgan fingerprint density at radius 1 is 1.18 bits per heavy atom. The molecule has 34 heavy (non-hydrogen) atoms. The van der Waals surface area contributed by atoms with E-state index in [0.29, 0.717) is 25.5 Å². The van der Waals surface area contributed by atoms with Crippen molar-refractivity contribution in [2.24, 2.45) is 11.3 Å². The summed E-state index contributed by atoms with van der Waals surface area (Å²) >= 11 is 0. The zero-order valence-corrected chi connectivity index (χ0v) is 19.8. The third-order valence-electron chi connectivity index (χ3n) is 7.41. The van der Waals surface area contributed by atoms with Crippen LogP contribution in [0, 0.1) is 11.3 Å². The molecule has 0 radical (unpaired) electrons. The molecule has 0 spiro atoms. The lowest BCUT2D eigenvalue weighted by atomic mass is 10.0. The summed E-state index contributed by atoms with van der Waals surface area (Å²) in [6.45, 7) is 2.07.